The molecule has 0 saturated heterocycles. The second-order valence-corrected chi connectivity index (χ2v) is 10.4. The molecule has 0 aliphatic rings. The Morgan fingerprint density at radius 3 is 1.07 bits per heavy atom. The zero-order chi connectivity index (χ0) is 20.4. The van der Waals surface area contributed by atoms with Gasteiger partial charge in [-0.05, 0) is 51.9 Å². The maximum Gasteiger partial charge on any atom is 0.0162 e. The molecule has 0 heterocycles. The Morgan fingerprint density at radius 1 is 0.414 bits per heavy atom. The molecule has 0 bridgehead atoms. The van der Waals surface area contributed by atoms with Crippen LogP contribution < -0.4 is 22.1 Å². The lowest BCUT2D eigenvalue weighted by molar-refractivity contribution is 0.565. The first kappa shape index (κ1) is 32.0. The lowest BCUT2D eigenvalue weighted by Crippen LogP contribution is -2.19. The van der Waals surface area contributed by atoms with Crippen LogP contribution in [0.2, 0.25) is 0 Å². The molecule has 0 aromatic rings. The molecule has 0 unspecified atom stereocenters. The summed E-state index contributed by atoms with van der Waals surface area (Å²) < 4.78 is 0. The van der Waals surface area contributed by atoms with E-state index in [-0.39, 0.29) is 12.4 Å². The van der Waals surface area contributed by atoms with Crippen molar-refractivity contribution < 1.29 is 0 Å². The lowest BCUT2D eigenvalue weighted by Gasteiger charge is -2.06. The van der Waals surface area contributed by atoms with Gasteiger partial charge < -0.3 is 22.1 Å². The topological polar surface area (TPSA) is 76.1 Å². The molecule has 0 aromatic carbocycles. The fraction of sp³-hybridized carbons (Fsp3) is 1.00. The van der Waals surface area contributed by atoms with Crippen molar-refractivity contribution in [3.63, 3.8) is 0 Å². The van der Waals surface area contributed by atoms with Gasteiger partial charge in [-0.15, -0.1) is 12.4 Å². The monoisotopic (exact) mass is 470 g/mol. The summed E-state index contributed by atoms with van der Waals surface area (Å²) in [6.45, 7) is 6.37. The molecule has 6 N–H and O–H groups in total. The van der Waals surface area contributed by atoms with E-state index in [0.717, 1.165) is 26.2 Å². The second kappa shape index (κ2) is 31.0. The van der Waals surface area contributed by atoms with Crippen molar-refractivity contribution in [2.24, 2.45) is 11.5 Å². The van der Waals surface area contributed by atoms with E-state index in [9.17, 15) is 0 Å². The minimum Gasteiger partial charge on any atom is -0.330 e. The third-order valence-electron chi connectivity index (χ3n) is 4.92. The van der Waals surface area contributed by atoms with Crippen molar-refractivity contribution in [2.75, 3.05) is 50.8 Å². The summed E-state index contributed by atoms with van der Waals surface area (Å²) in [4.78, 5) is 0. The molecular formula is C22H51ClN4S2. The van der Waals surface area contributed by atoms with Crippen LogP contribution in [0, 0.1) is 0 Å². The number of rotatable bonds is 25. The highest BCUT2D eigenvalue weighted by Gasteiger charge is 1.95. The lowest BCUT2D eigenvalue weighted by atomic mass is 10.1. The van der Waals surface area contributed by atoms with Gasteiger partial charge in [0.25, 0.3) is 0 Å². The average Bonchev–Trinajstić information content (AvgIpc) is 2.71. The molecule has 178 valence electrons. The Balaban J connectivity index is 0. The molecule has 0 saturated carbocycles. The van der Waals surface area contributed by atoms with E-state index >= 15 is 0 Å². The Kier molecular flexibility index (Phi) is 34.2. The summed E-state index contributed by atoms with van der Waals surface area (Å²) in [5.74, 6) is 2.43. The summed E-state index contributed by atoms with van der Waals surface area (Å²) in [6.07, 6.45) is 18.7. The predicted molar refractivity (Wildman–Crippen MR) is 141 cm³/mol. The highest BCUT2D eigenvalue weighted by Crippen LogP contribution is 2.19. The van der Waals surface area contributed by atoms with Crippen LogP contribution in [0.3, 0.4) is 0 Å². The van der Waals surface area contributed by atoms with Crippen molar-refractivity contribution in [1.82, 2.24) is 10.6 Å². The van der Waals surface area contributed by atoms with Gasteiger partial charge in [0.2, 0.25) is 0 Å². The van der Waals surface area contributed by atoms with Crippen molar-refractivity contribution >= 4 is 34.0 Å². The Bertz CT molecular complexity index is 251. The highest BCUT2D eigenvalue weighted by atomic mass is 35.5. The van der Waals surface area contributed by atoms with Gasteiger partial charge in [0.05, 0.1) is 0 Å². The molecule has 0 spiro atoms. The van der Waals surface area contributed by atoms with Crippen LogP contribution in [0.1, 0.15) is 89.9 Å². The standard InChI is InChI=1S/C22H50N4S2.ClH/c23-15-11-7-3-1-5-9-13-17-25-19-21-27-28-22-20-26-18-14-10-6-2-4-8-12-16-24;/h25-26H,1-24H2;1H. The highest BCUT2D eigenvalue weighted by molar-refractivity contribution is 8.76. The third-order valence-corrected chi connectivity index (χ3v) is 7.33. The summed E-state index contributed by atoms with van der Waals surface area (Å²) >= 11 is 0. The van der Waals surface area contributed by atoms with E-state index in [4.69, 9.17) is 11.5 Å². The molecule has 0 radical (unpaired) electrons. The van der Waals surface area contributed by atoms with Crippen LogP contribution >= 0.6 is 34.0 Å². The summed E-state index contributed by atoms with van der Waals surface area (Å²) in [5, 5.41) is 7.14. The second-order valence-electron chi connectivity index (χ2n) is 7.67. The largest absolute Gasteiger partial charge is 0.330 e. The zero-order valence-corrected chi connectivity index (χ0v) is 21.4. The number of halogens is 1. The number of hydrogen-bond acceptors (Lipinski definition) is 6. The minimum atomic E-state index is 0. The van der Waals surface area contributed by atoms with E-state index in [2.05, 4.69) is 10.6 Å². The number of nitrogens with one attached hydrogen (secondary N) is 2. The molecule has 29 heavy (non-hydrogen) atoms. The van der Waals surface area contributed by atoms with Crippen LogP contribution in [0.15, 0.2) is 0 Å². The zero-order valence-electron chi connectivity index (χ0n) is 18.9. The first-order valence-corrected chi connectivity index (χ1v) is 14.5. The average molecular weight is 471 g/mol. The summed E-state index contributed by atoms with van der Waals surface area (Å²) in [7, 11) is 4.02. The molecule has 7 heteroatoms. The Hall–Kier alpha value is 0.830. The van der Waals surface area contributed by atoms with E-state index in [0.29, 0.717) is 0 Å². The fourth-order valence-corrected chi connectivity index (χ4v) is 5.05. The predicted octanol–water partition coefficient (Wildman–Crippen LogP) is 5.35. The molecule has 0 aromatic heterocycles. The van der Waals surface area contributed by atoms with Gasteiger partial charge >= 0.3 is 0 Å². The minimum absolute atomic E-state index is 0. The van der Waals surface area contributed by atoms with E-state index in [1.54, 1.807) is 0 Å². The van der Waals surface area contributed by atoms with Gasteiger partial charge in [-0.2, -0.15) is 0 Å². The Morgan fingerprint density at radius 2 is 0.724 bits per heavy atom. The molecule has 0 atom stereocenters. The van der Waals surface area contributed by atoms with Gasteiger partial charge in [0.1, 0.15) is 0 Å². The number of unbranched alkanes of at least 4 members (excludes halogenated alkanes) is 12. The van der Waals surface area contributed by atoms with E-state index < -0.39 is 0 Å². The molecule has 0 rings (SSSR count). The van der Waals surface area contributed by atoms with Crippen LogP contribution in [-0.4, -0.2) is 50.8 Å². The first-order chi connectivity index (χ1) is 13.9. The molecular weight excluding hydrogens is 420 g/mol. The van der Waals surface area contributed by atoms with Crippen molar-refractivity contribution in [3.05, 3.63) is 0 Å². The van der Waals surface area contributed by atoms with Gasteiger partial charge in [0, 0.05) is 24.6 Å². The number of hydrogen-bond donors (Lipinski definition) is 4. The summed E-state index contributed by atoms with van der Waals surface area (Å²) in [6, 6.07) is 0. The summed E-state index contributed by atoms with van der Waals surface area (Å²) in [5.41, 5.74) is 11.0. The quantitative estimate of drug-likeness (QED) is 0.106. The van der Waals surface area contributed by atoms with E-state index in [1.165, 1.54) is 114 Å². The molecule has 0 aliphatic heterocycles. The van der Waals surface area contributed by atoms with Gasteiger partial charge in [-0.25, -0.2) is 0 Å². The molecule has 0 aliphatic carbocycles. The molecule has 4 nitrogen and oxygen atoms in total. The van der Waals surface area contributed by atoms with E-state index in [1.807, 2.05) is 21.6 Å². The van der Waals surface area contributed by atoms with Crippen LogP contribution in [-0.2, 0) is 0 Å². The van der Waals surface area contributed by atoms with Crippen molar-refractivity contribution in [1.29, 1.82) is 0 Å². The number of nitrogens with two attached hydrogens (primary N) is 2. The molecule has 0 amide bonds. The van der Waals surface area contributed by atoms with Gasteiger partial charge in [-0.1, -0.05) is 85.8 Å². The van der Waals surface area contributed by atoms with Crippen molar-refractivity contribution in [3.8, 4) is 0 Å². The molecule has 0 fully saturated rings. The Labute approximate surface area is 196 Å². The third kappa shape index (κ3) is 31.1. The van der Waals surface area contributed by atoms with Crippen LogP contribution in [0.4, 0.5) is 0 Å². The normalized spacial score (nSPS) is 11.0. The first-order valence-electron chi connectivity index (χ1n) is 12.0. The van der Waals surface area contributed by atoms with Gasteiger partial charge in [-0.3, -0.25) is 0 Å². The maximum absolute atomic E-state index is 5.51. The van der Waals surface area contributed by atoms with Crippen LogP contribution in [0.5, 0.6) is 0 Å². The van der Waals surface area contributed by atoms with Crippen LogP contribution in [0.25, 0.3) is 0 Å². The SMILES string of the molecule is Cl.NCCCCCCCCCNCCSSCCNCCCCCCCCCN. The van der Waals surface area contributed by atoms with Gasteiger partial charge in [0.15, 0.2) is 0 Å². The fourth-order valence-electron chi connectivity index (χ4n) is 3.15. The maximum atomic E-state index is 5.51. The smallest absolute Gasteiger partial charge is 0.0162 e. The van der Waals surface area contributed by atoms with Crippen molar-refractivity contribution in [2.45, 2.75) is 89.9 Å².